The first-order valence-corrected chi connectivity index (χ1v) is 7.08. The number of hydrogen-bond donors (Lipinski definition) is 0. The molecule has 1 aliphatic rings. The van der Waals surface area contributed by atoms with E-state index < -0.39 is 0 Å². The highest BCUT2D eigenvalue weighted by Crippen LogP contribution is 2.32. The fourth-order valence-corrected chi connectivity index (χ4v) is 2.70. The minimum absolute atomic E-state index is 0.553. The molecule has 100 valence electrons. The molecule has 5 heteroatoms. The molecule has 1 aliphatic heterocycles. The summed E-state index contributed by atoms with van der Waals surface area (Å²) in [5, 5.41) is 12.0. The molecule has 0 aliphatic carbocycles. The summed E-state index contributed by atoms with van der Waals surface area (Å²) in [6.45, 7) is 3.04. The molecule has 20 heavy (non-hydrogen) atoms. The Kier molecular flexibility index (Phi) is 3.40. The number of fused-ring (bicyclic) bond motifs is 1. The number of aryl methyl sites for hydroxylation is 1. The highest BCUT2D eigenvalue weighted by Gasteiger charge is 2.12. The summed E-state index contributed by atoms with van der Waals surface area (Å²) >= 11 is 1.47. The summed E-state index contributed by atoms with van der Waals surface area (Å²) in [5.74, 6) is 1.47. The maximum Gasteiger partial charge on any atom is 0.161 e. The van der Waals surface area contributed by atoms with Crippen LogP contribution in [0.2, 0.25) is 0 Å². The predicted molar refractivity (Wildman–Crippen MR) is 77.8 cm³/mol. The molecule has 0 saturated heterocycles. The Morgan fingerprint density at radius 2 is 2.15 bits per heavy atom. The maximum atomic E-state index is 9.28. The Hall–Kier alpha value is -2.32. The summed E-state index contributed by atoms with van der Waals surface area (Å²) in [7, 11) is 0. The molecule has 0 spiro atoms. The van der Waals surface area contributed by atoms with E-state index in [2.05, 4.69) is 11.1 Å². The number of aromatic nitrogens is 1. The van der Waals surface area contributed by atoms with Crippen molar-refractivity contribution < 1.29 is 9.47 Å². The van der Waals surface area contributed by atoms with Crippen molar-refractivity contribution >= 4 is 23.0 Å². The van der Waals surface area contributed by atoms with Gasteiger partial charge in [0.2, 0.25) is 0 Å². The van der Waals surface area contributed by atoms with Crippen molar-refractivity contribution in [3.8, 4) is 17.6 Å². The van der Waals surface area contributed by atoms with Crippen LogP contribution in [0.5, 0.6) is 11.5 Å². The molecular weight excluding hydrogens is 272 g/mol. The second-order valence-corrected chi connectivity index (χ2v) is 5.23. The fourth-order valence-electron chi connectivity index (χ4n) is 1.94. The molecule has 2 aromatic rings. The van der Waals surface area contributed by atoms with Crippen molar-refractivity contribution in [2.24, 2.45) is 0 Å². The number of benzene rings is 1. The summed E-state index contributed by atoms with van der Waals surface area (Å²) in [6.07, 6.45) is 1.82. The van der Waals surface area contributed by atoms with Crippen LogP contribution in [0.25, 0.3) is 11.6 Å². The lowest BCUT2D eigenvalue weighted by molar-refractivity contribution is 0.171. The summed E-state index contributed by atoms with van der Waals surface area (Å²) in [4.78, 5) is 4.34. The van der Waals surface area contributed by atoms with Crippen molar-refractivity contribution in [2.75, 3.05) is 13.2 Å². The molecule has 0 fully saturated rings. The number of nitrogens with zero attached hydrogens (tertiary/aromatic N) is 2. The van der Waals surface area contributed by atoms with Crippen molar-refractivity contribution in [3.05, 3.63) is 39.8 Å². The van der Waals surface area contributed by atoms with Crippen LogP contribution in [0, 0.1) is 18.3 Å². The second-order valence-electron chi connectivity index (χ2n) is 4.37. The van der Waals surface area contributed by atoms with Crippen molar-refractivity contribution in [2.45, 2.75) is 6.92 Å². The molecule has 0 N–H and O–H groups in total. The third-order valence-corrected chi connectivity index (χ3v) is 3.84. The molecular formula is C15H12N2O2S. The quantitative estimate of drug-likeness (QED) is 0.794. The molecule has 2 heterocycles. The minimum atomic E-state index is 0.553. The van der Waals surface area contributed by atoms with Crippen molar-refractivity contribution in [3.63, 3.8) is 0 Å². The molecule has 0 bridgehead atoms. The van der Waals surface area contributed by atoms with Gasteiger partial charge in [0.15, 0.2) is 11.5 Å². The zero-order valence-corrected chi connectivity index (χ0v) is 11.7. The van der Waals surface area contributed by atoms with E-state index in [9.17, 15) is 5.26 Å². The van der Waals surface area contributed by atoms with Gasteiger partial charge in [0.05, 0.1) is 5.57 Å². The van der Waals surface area contributed by atoms with Crippen LogP contribution in [-0.2, 0) is 0 Å². The molecule has 1 aromatic carbocycles. The molecule has 0 saturated carbocycles. The Balaban J connectivity index is 1.96. The second kappa shape index (κ2) is 5.35. The van der Waals surface area contributed by atoms with Crippen LogP contribution in [0.4, 0.5) is 0 Å². The molecule has 4 nitrogen and oxygen atoms in total. The first kappa shape index (κ1) is 12.7. The third kappa shape index (κ3) is 2.51. The van der Waals surface area contributed by atoms with Gasteiger partial charge in [-0.1, -0.05) is 6.07 Å². The van der Waals surface area contributed by atoms with Gasteiger partial charge in [-0.15, -0.1) is 11.3 Å². The summed E-state index contributed by atoms with van der Waals surface area (Å²) in [5.41, 5.74) is 2.38. The van der Waals surface area contributed by atoms with Crippen molar-refractivity contribution in [1.29, 1.82) is 5.26 Å². The predicted octanol–water partition coefficient (Wildman–Crippen LogP) is 3.29. The zero-order valence-electron chi connectivity index (χ0n) is 10.9. The van der Waals surface area contributed by atoms with Crippen LogP contribution in [0.1, 0.15) is 16.3 Å². The van der Waals surface area contributed by atoms with Gasteiger partial charge in [0.1, 0.15) is 24.3 Å². The van der Waals surface area contributed by atoms with Crippen molar-refractivity contribution in [1.82, 2.24) is 4.98 Å². The van der Waals surface area contributed by atoms with Gasteiger partial charge in [0, 0.05) is 11.1 Å². The lowest BCUT2D eigenvalue weighted by Gasteiger charge is -2.18. The molecule has 1 aromatic heterocycles. The number of allylic oxidation sites excluding steroid dienone is 1. The first-order chi connectivity index (χ1) is 9.76. The molecule has 3 rings (SSSR count). The van der Waals surface area contributed by atoms with E-state index in [1.807, 2.05) is 36.6 Å². The smallest absolute Gasteiger partial charge is 0.161 e. The van der Waals surface area contributed by atoms with Gasteiger partial charge < -0.3 is 9.47 Å². The largest absolute Gasteiger partial charge is 0.486 e. The van der Waals surface area contributed by atoms with E-state index in [0.717, 1.165) is 27.8 Å². The van der Waals surface area contributed by atoms with Crippen LogP contribution in [0.3, 0.4) is 0 Å². The fraction of sp³-hybridized carbons (Fsp3) is 0.200. The van der Waals surface area contributed by atoms with E-state index >= 15 is 0 Å². The number of rotatable bonds is 2. The van der Waals surface area contributed by atoms with E-state index in [0.29, 0.717) is 18.8 Å². The number of nitriles is 1. The van der Waals surface area contributed by atoms with Gasteiger partial charge in [-0.25, -0.2) is 4.98 Å². The van der Waals surface area contributed by atoms with Crippen LogP contribution >= 0.6 is 11.3 Å². The van der Waals surface area contributed by atoms with E-state index in [4.69, 9.17) is 9.47 Å². The molecule has 0 amide bonds. The topological polar surface area (TPSA) is 55.1 Å². The number of thiazole rings is 1. The van der Waals surface area contributed by atoms with Crippen LogP contribution in [-0.4, -0.2) is 18.2 Å². The Morgan fingerprint density at radius 1 is 1.35 bits per heavy atom. The van der Waals surface area contributed by atoms with E-state index in [1.54, 1.807) is 0 Å². The van der Waals surface area contributed by atoms with Gasteiger partial charge in [-0.05, 0) is 30.7 Å². The van der Waals surface area contributed by atoms with Gasteiger partial charge in [0.25, 0.3) is 0 Å². The Labute approximate surface area is 120 Å². The zero-order chi connectivity index (χ0) is 13.9. The Bertz CT molecular complexity index is 713. The summed E-state index contributed by atoms with van der Waals surface area (Å²) < 4.78 is 11.0. The lowest BCUT2D eigenvalue weighted by atomic mass is 10.1. The normalized spacial score (nSPS) is 13.9. The average molecular weight is 284 g/mol. The summed E-state index contributed by atoms with van der Waals surface area (Å²) in [6, 6.07) is 7.85. The number of ether oxygens (including phenoxy) is 2. The third-order valence-electron chi connectivity index (χ3n) is 2.85. The number of hydrogen-bond acceptors (Lipinski definition) is 5. The molecule has 0 radical (unpaired) electrons. The standard InChI is InChI=1S/C15H12N2O2S/c1-10-9-20-15(17-10)12(8-16)6-11-2-3-13-14(7-11)19-5-4-18-13/h2-3,6-7,9H,4-5H2,1H3. The highest BCUT2D eigenvalue weighted by atomic mass is 32.1. The SMILES string of the molecule is Cc1csc(C(C#N)=Cc2ccc3c(c2)OCCO3)n1. The van der Waals surface area contributed by atoms with E-state index in [1.165, 1.54) is 11.3 Å². The van der Waals surface area contributed by atoms with Crippen LogP contribution < -0.4 is 9.47 Å². The monoisotopic (exact) mass is 284 g/mol. The van der Waals surface area contributed by atoms with Gasteiger partial charge >= 0.3 is 0 Å². The average Bonchev–Trinajstić information content (AvgIpc) is 2.91. The molecule has 0 atom stereocenters. The van der Waals surface area contributed by atoms with Crippen LogP contribution in [0.15, 0.2) is 23.6 Å². The van der Waals surface area contributed by atoms with E-state index in [-0.39, 0.29) is 0 Å². The maximum absolute atomic E-state index is 9.28. The lowest BCUT2D eigenvalue weighted by Crippen LogP contribution is -2.15. The first-order valence-electron chi connectivity index (χ1n) is 6.20. The minimum Gasteiger partial charge on any atom is -0.486 e. The van der Waals surface area contributed by atoms with Gasteiger partial charge in [-0.3, -0.25) is 0 Å². The Morgan fingerprint density at radius 3 is 2.85 bits per heavy atom. The highest BCUT2D eigenvalue weighted by molar-refractivity contribution is 7.11. The molecule has 0 unspecified atom stereocenters. The van der Waals surface area contributed by atoms with Gasteiger partial charge in [-0.2, -0.15) is 5.26 Å².